The molecule has 2 aromatic rings. The molecule has 0 bridgehead atoms. The molecule has 0 aromatic heterocycles. The van der Waals surface area contributed by atoms with Gasteiger partial charge in [0.05, 0.1) is 11.1 Å². The molecule has 1 aliphatic rings. The molecule has 0 saturated heterocycles. The summed E-state index contributed by atoms with van der Waals surface area (Å²) in [6.07, 6.45) is 0. The minimum atomic E-state index is -0.391. The van der Waals surface area contributed by atoms with Crippen LogP contribution < -0.4 is 5.32 Å². The number of benzene rings is 2. The maximum Gasteiger partial charge on any atom is 0.261 e. The second-order valence-corrected chi connectivity index (χ2v) is 6.20. The number of hydrogen-bond acceptors (Lipinski definition) is 3. The van der Waals surface area contributed by atoms with Crippen molar-refractivity contribution in [1.29, 1.82) is 0 Å². The molecule has 0 fully saturated rings. The smallest absolute Gasteiger partial charge is 0.261 e. The van der Waals surface area contributed by atoms with Gasteiger partial charge in [0.1, 0.15) is 0 Å². The number of halogens is 1. The van der Waals surface area contributed by atoms with E-state index in [4.69, 9.17) is 0 Å². The number of anilines is 1. The van der Waals surface area contributed by atoms with Crippen molar-refractivity contribution >= 4 is 39.3 Å². The second-order valence-electron chi connectivity index (χ2n) is 5.35. The van der Waals surface area contributed by atoms with Crippen molar-refractivity contribution in [2.75, 3.05) is 12.4 Å². The molecule has 0 unspecified atom stereocenters. The molecule has 0 saturated carbocycles. The van der Waals surface area contributed by atoms with Crippen LogP contribution in [0.15, 0.2) is 40.9 Å². The summed E-state index contributed by atoms with van der Waals surface area (Å²) in [6.45, 7) is 1.95. The van der Waals surface area contributed by atoms with Crippen LogP contribution in [0.5, 0.6) is 0 Å². The quantitative estimate of drug-likeness (QED) is 0.822. The molecule has 0 spiro atoms. The first-order valence-electron chi connectivity index (χ1n) is 6.92. The number of carbonyl (C=O) groups is 3. The normalized spacial score (nSPS) is 13.3. The Morgan fingerprint density at radius 2 is 1.74 bits per heavy atom. The lowest BCUT2D eigenvalue weighted by Gasteiger charge is -2.07. The Hall–Kier alpha value is -2.47. The molecule has 5 nitrogen and oxygen atoms in total. The summed E-state index contributed by atoms with van der Waals surface area (Å²) >= 11 is 3.41. The average molecular weight is 373 g/mol. The molecule has 0 radical (unpaired) electrons. The van der Waals surface area contributed by atoms with Crippen LogP contribution in [-0.2, 0) is 0 Å². The minimum Gasteiger partial charge on any atom is -0.322 e. The monoisotopic (exact) mass is 372 g/mol. The van der Waals surface area contributed by atoms with Gasteiger partial charge in [0.2, 0.25) is 0 Å². The van der Waals surface area contributed by atoms with Gasteiger partial charge >= 0.3 is 0 Å². The summed E-state index contributed by atoms with van der Waals surface area (Å²) in [5.41, 5.74) is 2.62. The lowest BCUT2D eigenvalue weighted by atomic mass is 10.1. The fourth-order valence-corrected chi connectivity index (χ4v) is 2.76. The zero-order valence-electron chi connectivity index (χ0n) is 12.5. The Morgan fingerprint density at radius 3 is 2.43 bits per heavy atom. The van der Waals surface area contributed by atoms with Crippen molar-refractivity contribution in [2.24, 2.45) is 0 Å². The maximum absolute atomic E-state index is 12.3. The Bertz CT molecular complexity index is 861. The summed E-state index contributed by atoms with van der Waals surface area (Å²) in [5, 5.41) is 2.78. The van der Waals surface area contributed by atoms with Crippen LogP contribution >= 0.6 is 15.9 Å². The molecular weight excluding hydrogens is 360 g/mol. The molecule has 1 heterocycles. The van der Waals surface area contributed by atoms with E-state index in [9.17, 15) is 14.4 Å². The highest BCUT2D eigenvalue weighted by Gasteiger charge is 2.33. The first-order valence-corrected chi connectivity index (χ1v) is 7.71. The fraction of sp³-hybridized carbons (Fsp3) is 0.118. The third-order valence-corrected chi connectivity index (χ3v) is 4.64. The maximum atomic E-state index is 12.3. The van der Waals surface area contributed by atoms with E-state index in [1.54, 1.807) is 12.1 Å². The highest BCUT2D eigenvalue weighted by Crippen LogP contribution is 2.24. The highest BCUT2D eigenvalue weighted by molar-refractivity contribution is 9.10. The zero-order chi connectivity index (χ0) is 16.7. The number of imide groups is 1. The minimum absolute atomic E-state index is 0.259. The summed E-state index contributed by atoms with van der Waals surface area (Å²) in [5.74, 6) is -1.07. The summed E-state index contributed by atoms with van der Waals surface area (Å²) in [6, 6.07) is 10.0. The van der Waals surface area contributed by atoms with Gasteiger partial charge in [-0.3, -0.25) is 19.3 Å². The van der Waals surface area contributed by atoms with Crippen LogP contribution in [0.4, 0.5) is 5.69 Å². The van der Waals surface area contributed by atoms with Gasteiger partial charge in [0.25, 0.3) is 17.7 Å². The average Bonchev–Trinajstić information content (AvgIpc) is 2.75. The lowest BCUT2D eigenvalue weighted by Crippen LogP contribution is -2.24. The largest absolute Gasteiger partial charge is 0.322 e. The molecule has 1 aliphatic heterocycles. The standard InChI is InChI=1S/C17H13BrN2O3/c1-9-3-5-11(8-14(9)18)19-15(21)10-4-6-12-13(7-10)17(23)20(2)16(12)22/h3-8H,1-2H3,(H,19,21). The third-order valence-electron chi connectivity index (χ3n) is 3.78. The molecule has 116 valence electrons. The number of amides is 3. The lowest BCUT2D eigenvalue weighted by molar-refractivity contribution is 0.0693. The van der Waals surface area contributed by atoms with Crippen LogP contribution in [0.1, 0.15) is 36.6 Å². The van der Waals surface area contributed by atoms with Crippen molar-refractivity contribution in [3.05, 3.63) is 63.1 Å². The Kier molecular flexibility index (Phi) is 3.77. The number of hydrogen-bond donors (Lipinski definition) is 1. The van der Waals surface area contributed by atoms with Crippen molar-refractivity contribution < 1.29 is 14.4 Å². The molecule has 2 aromatic carbocycles. The first kappa shape index (κ1) is 15.4. The molecule has 3 rings (SSSR count). The fourth-order valence-electron chi connectivity index (χ4n) is 2.38. The number of nitrogens with zero attached hydrogens (tertiary/aromatic N) is 1. The van der Waals surface area contributed by atoms with E-state index in [1.165, 1.54) is 19.2 Å². The molecule has 0 aliphatic carbocycles. The number of carbonyl (C=O) groups excluding carboxylic acids is 3. The van der Waals surface area contributed by atoms with Gasteiger partial charge in [-0.15, -0.1) is 0 Å². The molecular formula is C17H13BrN2O3. The summed E-state index contributed by atoms with van der Waals surface area (Å²) in [7, 11) is 1.42. The van der Waals surface area contributed by atoms with E-state index >= 15 is 0 Å². The van der Waals surface area contributed by atoms with Gasteiger partial charge in [-0.1, -0.05) is 22.0 Å². The molecule has 6 heteroatoms. The molecule has 23 heavy (non-hydrogen) atoms. The van der Waals surface area contributed by atoms with Gasteiger partial charge in [-0.2, -0.15) is 0 Å². The van der Waals surface area contributed by atoms with E-state index in [0.717, 1.165) is 14.9 Å². The van der Waals surface area contributed by atoms with Gasteiger partial charge in [-0.05, 0) is 42.8 Å². The first-order chi connectivity index (χ1) is 10.9. The summed E-state index contributed by atoms with van der Waals surface area (Å²) in [4.78, 5) is 37.2. The Labute approximate surface area is 141 Å². The highest BCUT2D eigenvalue weighted by atomic mass is 79.9. The SMILES string of the molecule is Cc1ccc(NC(=O)c2ccc3c(c2)C(=O)N(C)C3=O)cc1Br. The molecule has 3 amide bonds. The van der Waals surface area contributed by atoms with Crippen LogP contribution in [0.2, 0.25) is 0 Å². The van der Waals surface area contributed by atoms with Crippen molar-refractivity contribution in [3.8, 4) is 0 Å². The van der Waals surface area contributed by atoms with E-state index in [2.05, 4.69) is 21.2 Å². The molecule has 1 N–H and O–H groups in total. The van der Waals surface area contributed by atoms with Crippen molar-refractivity contribution in [3.63, 3.8) is 0 Å². The van der Waals surface area contributed by atoms with Crippen LogP contribution in [0.25, 0.3) is 0 Å². The third kappa shape index (κ3) is 2.66. The molecule has 0 atom stereocenters. The Morgan fingerprint density at radius 1 is 1.04 bits per heavy atom. The van der Waals surface area contributed by atoms with E-state index in [0.29, 0.717) is 16.8 Å². The van der Waals surface area contributed by atoms with Crippen LogP contribution in [-0.4, -0.2) is 29.7 Å². The predicted molar refractivity (Wildman–Crippen MR) is 89.7 cm³/mol. The zero-order valence-corrected chi connectivity index (χ0v) is 14.1. The van der Waals surface area contributed by atoms with Gasteiger partial charge in [0, 0.05) is 22.8 Å². The number of rotatable bonds is 2. The topological polar surface area (TPSA) is 66.5 Å². The van der Waals surface area contributed by atoms with Gasteiger partial charge < -0.3 is 5.32 Å². The van der Waals surface area contributed by atoms with E-state index in [-0.39, 0.29) is 17.4 Å². The van der Waals surface area contributed by atoms with E-state index in [1.807, 2.05) is 19.1 Å². The second kappa shape index (κ2) is 5.62. The van der Waals surface area contributed by atoms with Gasteiger partial charge in [-0.25, -0.2) is 0 Å². The van der Waals surface area contributed by atoms with Crippen LogP contribution in [0.3, 0.4) is 0 Å². The van der Waals surface area contributed by atoms with Crippen molar-refractivity contribution in [2.45, 2.75) is 6.92 Å². The van der Waals surface area contributed by atoms with Crippen LogP contribution in [0, 0.1) is 6.92 Å². The summed E-state index contributed by atoms with van der Waals surface area (Å²) < 4.78 is 0.895. The Balaban J connectivity index is 1.88. The number of aryl methyl sites for hydroxylation is 1. The number of nitrogens with one attached hydrogen (secondary N) is 1. The van der Waals surface area contributed by atoms with Gasteiger partial charge in [0.15, 0.2) is 0 Å². The predicted octanol–water partition coefficient (Wildman–Crippen LogP) is 3.24. The van der Waals surface area contributed by atoms with E-state index < -0.39 is 5.91 Å². The number of fused-ring (bicyclic) bond motifs is 1. The van der Waals surface area contributed by atoms with Crippen molar-refractivity contribution in [1.82, 2.24) is 4.90 Å².